The molecule has 0 aromatic heterocycles. The molecule has 0 fully saturated rings. The normalized spacial score (nSPS) is 14.3. The fourth-order valence-electron chi connectivity index (χ4n) is 1.28. The number of nitrogens with two attached hydrogens (primary N) is 1. The van der Waals surface area contributed by atoms with Gasteiger partial charge in [0.25, 0.3) is 5.92 Å². The summed E-state index contributed by atoms with van der Waals surface area (Å²) in [5.41, 5.74) is 4.51. The monoisotopic (exact) mass is 221 g/mol. The van der Waals surface area contributed by atoms with Gasteiger partial charge in [0.15, 0.2) is 0 Å². The maximum atomic E-state index is 13.5. The van der Waals surface area contributed by atoms with E-state index in [9.17, 15) is 17.6 Å². The van der Waals surface area contributed by atoms with Crippen LogP contribution in [0, 0.1) is 5.92 Å². The molecule has 0 aliphatic heterocycles. The van der Waals surface area contributed by atoms with Crippen molar-refractivity contribution in [2.24, 2.45) is 11.7 Å². The van der Waals surface area contributed by atoms with Gasteiger partial charge in [-0.05, 0) is 0 Å². The van der Waals surface area contributed by atoms with Crippen LogP contribution in [-0.2, 0) is 5.92 Å². The van der Waals surface area contributed by atoms with Crippen LogP contribution in [0.3, 0.4) is 0 Å². The Labute approximate surface area is 84.9 Å². The third kappa shape index (κ3) is 2.47. The first kappa shape index (κ1) is 12.0. The SMILES string of the molecule is NCC(C(F)F)C(F)(F)c1ccccc1. The van der Waals surface area contributed by atoms with Crippen molar-refractivity contribution in [2.75, 3.05) is 6.54 Å². The second kappa shape index (κ2) is 4.61. The van der Waals surface area contributed by atoms with E-state index in [2.05, 4.69) is 0 Å². The molecule has 1 unspecified atom stereocenters. The maximum Gasteiger partial charge on any atom is 0.282 e. The standard InChI is InChI=1S/C10H11F4N/c11-9(12)8(6-15)10(13,14)7-4-2-1-3-5-7/h1-5,8-9H,6,15H2. The Morgan fingerprint density at radius 2 is 1.67 bits per heavy atom. The highest BCUT2D eigenvalue weighted by Gasteiger charge is 2.45. The van der Waals surface area contributed by atoms with Crippen molar-refractivity contribution in [2.45, 2.75) is 12.3 Å². The summed E-state index contributed by atoms with van der Waals surface area (Å²) in [6, 6.07) is 6.53. The zero-order valence-electron chi connectivity index (χ0n) is 7.84. The number of alkyl halides is 4. The van der Waals surface area contributed by atoms with Crippen molar-refractivity contribution in [1.82, 2.24) is 0 Å². The minimum Gasteiger partial charge on any atom is -0.330 e. The van der Waals surface area contributed by atoms with Crippen LogP contribution in [-0.4, -0.2) is 13.0 Å². The molecule has 5 heteroatoms. The van der Waals surface area contributed by atoms with Gasteiger partial charge in [-0.1, -0.05) is 30.3 Å². The van der Waals surface area contributed by atoms with Crippen LogP contribution in [0.4, 0.5) is 17.6 Å². The smallest absolute Gasteiger partial charge is 0.282 e. The number of rotatable bonds is 4. The van der Waals surface area contributed by atoms with Crippen molar-refractivity contribution < 1.29 is 17.6 Å². The molecule has 0 heterocycles. The van der Waals surface area contributed by atoms with Crippen LogP contribution >= 0.6 is 0 Å². The molecule has 0 saturated heterocycles. The summed E-state index contributed by atoms with van der Waals surface area (Å²) in [6.07, 6.45) is -3.13. The number of hydrogen-bond donors (Lipinski definition) is 1. The molecule has 1 aromatic carbocycles. The van der Waals surface area contributed by atoms with Gasteiger partial charge in [-0.3, -0.25) is 0 Å². The predicted molar refractivity (Wildman–Crippen MR) is 48.9 cm³/mol. The Bertz CT molecular complexity index is 300. The second-order valence-electron chi connectivity index (χ2n) is 3.17. The van der Waals surface area contributed by atoms with E-state index in [-0.39, 0.29) is 0 Å². The quantitative estimate of drug-likeness (QED) is 0.777. The first-order chi connectivity index (χ1) is 7.00. The molecule has 0 spiro atoms. The van der Waals surface area contributed by atoms with Crippen molar-refractivity contribution in [3.63, 3.8) is 0 Å². The van der Waals surface area contributed by atoms with Crippen LogP contribution in [0.1, 0.15) is 5.56 Å². The van der Waals surface area contributed by atoms with E-state index in [1.807, 2.05) is 0 Å². The highest BCUT2D eigenvalue weighted by atomic mass is 19.3. The molecule has 1 atom stereocenters. The molecular formula is C10H11F4N. The molecule has 0 saturated carbocycles. The van der Waals surface area contributed by atoms with E-state index in [4.69, 9.17) is 5.73 Å². The summed E-state index contributed by atoms with van der Waals surface area (Å²) < 4.78 is 51.7. The Balaban J connectivity index is 3.00. The lowest BCUT2D eigenvalue weighted by atomic mass is 9.95. The van der Waals surface area contributed by atoms with E-state index in [0.717, 1.165) is 12.1 Å². The third-order valence-electron chi connectivity index (χ3n) is 2.18. The van der Waals surface area contributed by atoms with Crippen LogP contribution in [0.2, 0.25) is 0 Å². The minimum absolute atomic E-state index is 0.430. The zero-order valence-corrected chi connectivity index (χ0v) is 7.84. The van der Waals surface area contributed by atoms with Crippen LogP contribution in [0.15, 0.2) is 30.3 Å². The average molecular weight is 221 g/mol. The van der Waals surface area contributed by atoms with Gasteiger partial charge in [0.2, 0.25) is 6.43 Å². The summed E-state index contributed by atoms with van der Waals surface area (Å²) in [5, 5.41) is 0. The molecule has 1 aromatic rings. The van der Waals surface area contributed by atoms with Crippen LogP contribution in [0.25, 0.3) is 0 Å². The number of halogens is 4. The molecular weight excluding hydrogens is 210 g/mol. The van der Waals surface area contributed by atoms with Gasteiger partial charge in [0, 0.05) is 12.1 Å². The molecule has 1 rings (SSSR count). The van der Waals surface area contributed by atoms with Crippen molar-refractivity contribution >= 4 is 0 Å². The number of benzene rings is 1. The Morgan fingerprint density at radius 1 is 1.13 bits per heavy atom. The second-order valence-corrected chi connectivity index (χ2v) is 3.17. The summed E-state index contributed by atoms with van der Waals surface area (Å²) in [6.45, 7) is -0.750. The van der Waals surface area contributed by atoms with Crippen molar-refractivity contribution in [3.05, 3.63) is 35.9 Å². The Morgan fingerprint density at radius 3 is 2.07 bits per heavy atom. The molecule has 0 bridgehead atoms. The first-order valence-corrected chi connectivity index (χ1v) is 4.41. The van der Waals surface area contributed by atoms with Gasteiger partial charge in [0.05, 0.1) is 0 Å². The first-order valence-electron chi connectivity index (χ1n) is 4.41. The predicted octanol–water partition coefficient (Wildman–Crippen LogP) is 2.62. The summed E-state index contributed by atoms with van der Waals surface area (Å²) in [4.78, 5) is 0. The van der Waals surface area contributed by atoms with Crippen LogP contribution in [0.5, 0.6) is 0 Å². The lowest BCUT2D eigenvalue weighted by Crippen LogP contribution is -2.37. The molecule has 0 aliphatic carbocycles. The molecule has 0 radical (unpaired) electrons. The summed E-state index contributed by atoms with van der Waals surface area (Å²) in [7, 11) is 0. The van der Waals surface area contributed by atoms with E-state index < -0.39 is 30.4 Å². The fraction of sp³-hybridized carbons (Fsp3) is 0.400. The summed E-state index contributed by atoms with van der Waals surface area (Å²) in [5.74, 6) is -5.73. The van der Waals surface area contributed by atoms with Gasteiger partial charge < -0.3 is 5.73 Å². The maximum absolute atomic E-state index is 13.5. The molecule has 15 heavy (non-hydrogen) atoms. The van der Waals surface area contributed by atoms with Gasteiger partial charge in [-0.2, -0.15) is 0 Å². The Kier molecular flexibility index (Phi) is 3.68. The topological polar surface area (TPSA) is 26.0 Å². The number of hydrogen-bond acceptors (Lipinski definition) is 1. The highest BCUT2D eigenvalue weighted by molar-refractivity contribution is 5.21. The van der Waals surface area contributed by atoms with Gasteiger partial charge in [0.1, 0.15) is 5.92 Å². The van der Waals surface area contributed by atoms with Crippen LogP contribution < -0.4 is 5.73 Å². The molecule has 0 aliphatic rings. The van der Waals surface area contributed by atoms with Gasteiger partial charge >= 0.3 is 0 Å². The van der Waals surface area contributed by atoms with Gasteiger partial charge in [-0.25, -0.2) is 17.6 Å². The lowest BCUT2D eigenvalue weighted by molar-refractivity contribution is -0.117. The van der Waals surface area contributed by atoms with Gasteiger partial charge in [-0.15, -0.1) is 0 Å². The third-order valence-corrected chi connectivity index (χ3v) is 2.18. The minimum atomic E-state index is -3.59. The molecule has 2 N–H and O–H groups in total. The largest absolute Gasteiger partial charge is 0.330 e. The average Bonchev–Trinajstić information content (AvgIpc) is 2.19. The van der Waals surface area contributed by atoms with Crippen molar-refractivity contribution in [1.29, 1.82) is 0 Å². The van der Waals surface area contributed by atoms with E-state index in [0.29, 0.717) is 0 Å². The highest BCUT2D eigenvalue weighted by Crippen LogP contribution is 2.38. The molecule has 1 nitrogen and oxygen atoms in total. The Hall–Kier alpha value is -1.10. The van der Waals surface area contributed by atoms with E-state index in [1.54, 1.807) is 6.07 Å². The zero-order chi connectivity index (χ0) is 11.5. The fourth-order valence-corrected chi connectivity index (χ4v) is 1.28. The van der Waals surface area contributed by atoms with E-state index in [1.165, 1.54) is 12.1 Å². The van der Waals surface area contributed by atoms with Crippen molar-refractivity contribution in [3.8, 4) is 0 Å². The lowest BCUT2D eigenvalue weighted by Gasteiger charge is -2.25. The molecule has 84 valence electrons. The molecule has 0 amide bonds. The summed E-state index contributed by atoms with van der Waals surface area (Å²) >= 11 is 0. The van der Waals surface area contributed by atoms with E-state index >= 15 is 0 Å².